The fourth-order valence-corrected chi connectivity index (χ4v) is 3.01. The van der Waals surface area contributed by atoms with Gasteiger partial charge in [0.05, 0.1) is 13.2 Å². The van der Waals surface area contributed by atoms with E-state index < -0.39 is 0 Å². The number of hydrogen-bond donors (Lipinski definition) is 0. The Bertz CT molecular complexity index is 511. The fourth-order valence-electron chi connectivity index (χ4n) is 1.85. The zero-order valence-electron chi connectivity index (χ0n) is 11.3. The summed E-state index contributed by atoms with van der Waals surface area (Å²) in [6, 6.07) is 16.5. The Morgan fingerprint density at radius 3 is 2.26 bits per heavy atom. The molecule has 0 fully saturated rings. The van der Waals surface area contributed by atoms with Gasteiger partial charge in [-0.15, -0.1) is 0 Å². The van der Waals surface area contributed by atoms with Gasteiger partial charge in [0.1, 0.15) is 0 Å². The van der Waals surface area contributed by atoms with Gasteiger partial charge in [-0.2, -0.15) is 0 Å². The molecule has 0 heterocycles. The molecule has 0 N–H and O–H groups in total. The first-order valence-corrected chi connectivity index (χ1v) is 7.55. The summed E-state index contributed by atoms with van der Waals surface area (Å²) < 4.78 is 11.4. The second-order valence-corrected chi connectivity index (χ2v) is 5.36. The van der Waals surface area contributed by atoms with Crippen molar-refractivity contribution in [3.05, 3.63) is 48.5 Å². The number of ether oxygens (including phenoxy) is 2. The number of benzene rings is 2. The first kappa shape index (κ1) is 13.9. The van der Waals surface area contributed by atoms with Gasteiger partial charge in [0, 0.05) is 5.30 Å². The number of para-hydroxylation sites is 1. The van der Waals surface area contributed by atoms with Crippen LogP contribution in [0.5, 0.6) is 11.5 Å². The molecule has 3 heteroatoms. The number of hydrogen-bond acceptors (Lipinski definition) is 2. The molecule has 0 aliphatic heterocycles. The van der Waals surface area contributed by atoms with Gasteiger partial charge in [0.2, 0.25) is 0 Å². The van der Waals surface area contributed by atoms with Crippen molar-refractivity contribution in [1.29, 1.82) is 0 Å². The molecule has 0 spiro atoms. The van der Waals surface area contributed by atoms with Gasteiger partial charge in [-0.25, -0.2) is 0 Å². The molecular weight excluding hydrogens is 255 g/mol. The lowest BCUT2D eigenvalue weighted by Gasteiger charge is -2.15. The highest BCUT2D eigenvalue weighted by atomic mass is 31.1. The minimum absolute atomic E-state index is 0.581. The summed E-state index contributed by atoms with van der Waals surface area (Å²) in [7, 11) is 0.581. The lowest BCUT2D eigenvalue weighted by molar-refractivity contribution is 0.290. The third-order valence-corrected chi connectivity index (χ3v) is 3.91. The van der Waals surface area contributed by atoms with E-state index in [4.69, 9.17) is 9.47 Å². The van der Waals surface area contributed by atoms with Gasteiger partial charge in [0.25, 0.3) is 0 Å². The van der Waals surface area contributed by atoms with E-state index in [2.05, 4.69) is 30.3 Å². The van der Waals surface area contributed by atoms with E-state index in [0.29, 0.717) is 21.8 Å². The normalized spacial score (nSPS) is 10.8. The van der Waals surface area contributed by atoms with Gasteiger partial charge in [-0.05, 0) is 25.2 Å². The maximum atomic E-state index is 5.77. The molecule has 0 aromatic heterocycles. The minimum Gasteiger partial charge on any atom is -0.490 e. The van der Waals surface area contributed by atoms with Crippen molar-refractivity contribution in [2.45, 2.75) is 13.8 Å². The van der Waals surface area contributed by atoms with Crippen molar-refractivity contribution >= 4 is 19.2 Å². The van der Waals surface area contributed by atoms with E-state index in [1.807, 2.05) is 32.0 Å². The standard InChI is InChI=1S/C16H19O2P/c1-3-17-14-11-8-12-15(16(14)18-4-2)19-13-9-6-5-7-10-13/h5-12,19H,3-4H2,1-2H3. The van der Waals surface area contributed by atoms with Crippen molar-refractivity contribution in [2.24, 2.45) is 0 Å². The SMILES string of the molecule is CCOc1cccc(Pc2ccccc2)c1OCC. The second-order valence-electron chi connectivity index (χ2n) is 3.99. The highest BCUT2D eigenvalue weighted by molar-refractivity contribution is 7.55. The van der Waals surface area contributed by atoms with E-state index in [9.17, 15) is 0 Å². The predicted octanol–water partition coefficient (Wildman–Crippen LogP) is 3.11. The highest BCUT2D eigenvalue weighted by Gasteiger charge is 2.11. The van der Waals surface area contributed by atoms with Crippen LogP contribution in [0.15, 0.2) is 48.5 Å². The molecule has 2 rings (SSSR count). The van der Waals surface area contributed by atoms with Crippen LogP contribution in [0, 0.1) is 0 Å². The van der Waals surface area contributed by atoms with Gasteiger partial charge in [-0.1, -0.05) is 51.0 Å². The molecule has 2 aromatic rings. The zero-order chi connectivity index (χ0) is 13.5. The smallest absolute Gasteiger partial charge is 0.168 e. The van der Waals surface area contributed by atoms with Crippen LogP contribution >= 0.6 is 8.58 Å². The monoisotopic (exact) mass is 274 g/mol. The quantitative estimate of drug-likeness (QED) is 0.754. The van der Waals surface area contributed by atoms with Crippen LogP contribution < -0.4 is 20.1 Å². The fraction of sp³-hybridized carbons (Fsp3) is 0.250. The largest absolute Gasteiger partial charge is 0.490 e. The topological polar surface area (TPSA) is 18.5 Å². The van der Waals surface area contributed by atoms with Crippen molar-refractivity contribution in [3.63, 3.8) is 0 Å². The molecule has 1 atom stereocenters. The Morgan fingerprint density at radius 1 is 0.842 bits per heavy atom. The van der Waals surface area contributed by atoms with E-state index in [1.54, 1.807) is 0 Å². The maximum Gasteiger partial charge on any atom is 0.168 e. The zero-order valence-corrected chi connectivity index (χ0v) is 12.3. The molecular formula is C16H19O2P. The molecule has 100 valence electrons. The molecule has 0 bridgehead atoms. The van der Waals surface area contributed by atoms with E-state index in [0.717, 1.165) is 11.5 Å². The van der Waals surface area contributed by atoms with Crippen molar-refractivity contribution in [3.8, 4) is 11.5 Å². The van der Waals surface area contributed by atoms with E-state index in [-0.39, 0.29) is 0 Å². The number of rotatable bonds is 6. The van der Waals surface area contributed by atoms with E-state index in [1.165, 1.54) is 10.6 Å². The Hall–Kier alpha value is -1.53. The lowest BCUT2D eigenvalue weighted by atomic mass is 10.3. The first-order chi connectivity index (χ1) is 9.35. The molecule has 0 saturated carbocycles. The molecule has 0 aliphatic rings. The third-order valence-electron chi connectivity index (χ3n) is 2.62. The molecule has 1 unspecified atom stereocenters. The summed E-state index contributed by atoms with van der Waals surface area (Å²) in [5, 5.41) is 2.50. The summed E-state index contributed by atoms with van der Waals surface area (Å²) >= 11 is 0. The second kappa shape index (κ2) is 7.16. The van der Waals surface area contributed by atoms with Crippen LogP contribution in [0.25, 0.3) is 0 Å². The Kier molecular flexibility index (Phi) is 5.23. The van der Waals surface area contributed by atoms with E-state index >= 15 is 0 Å². The Balaban J connectivity index is 2.30. The Morgan fingerprint density at radius 2 is 1.58 bits per heavy atom. The van der Waals surface area contributed by atoms with Crippen molar-refractivity contribution in [2.75, 3.05) is 13.2 Å². The van der Waals surface area contributed by atoms with Gasteiger partial charge in [0.15, 0.2) is 11.5 Å². The molecule has 2 aromatic carbocycles. The van der Waals surface area contributed by atoms with Gasteiger partial charge < -0.3 is 9.47 Å². The van der Waals surface area contributed by atoms with Crippen LogP contribution in [0.1, 0.15) is 13.8 Å². The van der Waals surface area contributed by atoms with Gasteiger partial charge >= 0.3 is 0 Å². The predicted molar refractivity (Wildman–Crippen MR) is 82.8 cm³/mol. The summed E-state index contributed by atoms with van der Waals surface area (Å²) in [4.78, 5) is 0. The minimum atomic E-state index is 0.581. The summed E-state index contributed by atoms with van der Waals surface area (Å²) in [5.74, 6) is 1.72. The summed E-state index contributed by atoms with van der Waals surface area (Å²) in [5.41, 5.74) is 0. The summed E-state index contributed by atoms with van der Waals surface area (Å²) in [6.07, 6.45) is 0. The maximum absolute atomic E-state index is 5.77. The molecule has 0 radical (unpaired) electrons. The average Bonchev–Trinajstić information content (AvgIpc) is 2.44. The molecule has 0 aliphatic carbocycles. The van der Waals surface area contributed by atoms with Crippen LogP contribution in [-0.2, 0) is 0 Å². The lowest BCUT2D eigenvalue weighted by Crippen LogP contribution is -2.10. The van der Waals surface area contributed by atoms with Crippen molar-refractivity contribution < 1.29 is 9.47 Å². The van der Waals surface area contributed by atoms with Crippen LogP contribution in [0.2, 0.25) is 0 Å². The first-order valence-electron chi connectivity index (χ1n) is 6.55. The highest BCUT2D eigenvalue weighted by Crippen LogP contribution is 2.29. The third kappa shape index (κ3) is 3.71. The van der Waals surface area contributed by atoms with Crippen molar-refractivity contribution in [1.82, 2.24) is 0 Å². The molecule has 19 heavy (non-hydrogen) atoms. The molecule has 0 saturated heterocycles. The van der Waals surface area contributed by atoms with Crippen LogP contribution in [0.3, 0.4) is 0 Å². The summed E-state index contributed by atoms with van der Waals surface area (Å²) in [6.45, 7) is 5.29. The van der Waals surface area contributed by atoms with Crippen LogP contribution in [-0.4, -0.2) is 13.2 Å². The average molecular weight is 274 g/mol. The Labute approximate surface area is 116 Å². The molecule has 2 nitrogen and oxygen atoms in total. The molecule has 0 amide bonds. The van der Waals surface area contributed by atoms with Gasteiger partial charge in [-0.3, -0.25) is 0 Å². The van der Waals surface area contributed by atoms with Crippen LogP contribution in [0.4, 0.5) is 0 Å².